The molecule has 1 N–H and O–H groups in total. The molecule has 1 atom stereocenters. The number of rotatable bonds is 4. The third-order valence-electron chi connectivity index (χ3n) is 3.12. The van der Waals surface area contributed by atoms with Gasteiger partial charge in [0.1, 0.15) is 0 Å². The Labute approximate surface area is 109 Å². The minimum atomic E-state index is 0.0295. The number of amides is 1. The highest BCUT2D eigenvalue weighted by Gasteiger charge is 2.23. The molecule has 0 spiro atoms. The predicted octanol–water partition coefficient (Wildman–Crippen LogP) is 2.26. The zero-order chi connectivity index (χ0) is 12.3. The van der Waals surface area contributed by atoms with Gasteiger partial charge in [-0.25, -0.2) is 0 Å². The van der Waals surface area contributed by atoms with Gasteiger partial charge in [0.15, 0.2) is 4.67 Å². The van der Waals surface area contributed by atoms with Crippen LogP contribution in [0.3, 0.4) is 0 Å². The van der Waals surface area contributed by atoms with Crippen molar-refractivity contribution in [1.29, 1.82) is 0 Å². The average molecular weight is 301 g/mol. The molecule has 1 aliphatic heterocycles. The Hall–Kier alpha value is -0.810. The second-order valence-electron chi connectivity index (χ2n) is 4.25. The molecule has 94 valence electrons. The minimum absolute atomic E-state index is 0.0295. The fourth-order valence-corrected chi connectivity index (χ4v) is 2.56. The van der Waals surface area contributed by atoms with Crippen LogP contribution in [0.4, 0.5) is 0 Å². The molecular weight excluding hydrogens is 284 g/mol. The molecule has 0 bridgehead atoms. The number of halogens is 1. The van der Waals surface area contributed by atoms with Crippen LogP contribution in [0.5, 0.6) is 0 Å². The van der Waals surface area contributed by atoms with E-state index in [1.165, 1.54) is 12.7 Å². The molecule has 1 saturated heterocycles. The Balaban J connectivity index is 2.02. The number of furan rings is 1. The molecule has 2 rings (SSSR count). The molecule has 0 saturated carbocycles. The molecule has 17 heavy (non-hydrogen) atoms. The van der Waals surface area contributed by atoms with Gasteiger partial charge in [-0.05, 0) is 48.3 Å². The van der Waals surface area contributed by atoms with Crippen molar-refractivity contribution < 1.29 is 9.21 Å². The van der Waals surface area contributed by atoms with E-state index in [1.807, 2.05) is 11.8 Å². The van der Waals surface area contributed by atoms with Crippen molar-refractivity contribution in [1.82, 2.24) is 10.2 Å². The summed E-state index contributed by atoms with van der Waals surface area (Å²) in [5.74, 6) is 0.0295. The van der Waals surface area contributed by atoms with Crippen LogP contribution in [0, 0.1) is 0 Å². The van der Waals surface area contributed by atoms with Gasteiger partial charge in [0.05, 0.1) is 11.8 Å². The molecule has 0 aliphatic carbocycles. The summed E-state index contributed by atoms with van der Waals surface area (Å²) in [5, 5.41) is 3.41. The molecule has 0 aromatic carbocycles. The number of carbonyl (C=O) groups excluding carboxylic acids is 1. The fourth-order valence-electron chi connectivity index (χ4n) is 2.15. The van der Waals surface area contributed by atoms with Gasteiger partial charge in [0.2, 0.25) is 0 Å². The topological polar surface area (TPSA) is 45.5 Å². The van der Waals surface area contributed by atoms with E-state index in [-0.39, 0.29) is 5.91 Å². The maximum absolute atomic E-state index is 12.3. The van der Waals surface area contributed by atoms with Crippen molar-refractivity contribution in [2.24, 2.45) is 0 Å². The highest BCUT2D eigenvalue weighted by molar-refractivity contribution is 9.10. The van der Waals surface area contributed by atoms with Crippen molar-refractivity contribution in [2.75, 3.05) is 19.6 Å². The maximum atomic E-state index is 12.3. The van der Waals surface area contributed by atoms with E-state index < -0.39 is 0 Å². The zero-order valence-electron chi connectivity index (χ0n) is 9.91. The fraction of sp³-hybridized carbons (Fsp3) is 0.583. The maximum Gasteiger partial charge on any atom is 0.258 e. The first kappa shape index (κ1) is 12.6. The quantitative estimate of drug-likeness (QED) is 0.928. The molecule has 1 amide bonds. The molecule has 1 fully saturated rings. The monoisotopic (exact) mass is 300 g/mol. The van der Waals surface area contributed by atoms with Gasteiger partial charge < -0.3 is 14.6 Å². The van der Waals surface area contributed by atoms with Crippen molar-refractivity contribution in [3.05, 3.63) is 22.6 Å². The third-order valence-corrected chi connectivity index (χ3v) is 3.73. The number of carbonyl (C=O) groups is 1. The standard InChI is InChI=1S/C12H17BrN2O2/c1-2-15(8-9-4-3-6-14-9)12(16)10-5-7-17-11(10)13/h5,7,9,14H,2-4,6,8H2,1H3. The lowest BCUT2D eigenvalue weighted by atomic mass is 10.2. The summed E-state index contributed by atoms with van der Waals surface area (Å²) in [7, 11) is 0. The summed E-state index contributed by atoms with van der Waals surface area (Å²) >= 11 is 3.25. The first-order valence-corrected chi connectivity index (χ1v) is 6.77. The largest absolute Gasteiger partial charge is 0.457 e. The Morgan fingerprint density at radius 2 is 2.53 bits per heavy atom. The van der Waals surface area contributed by atoms with E-state index in [0.717, 1.165) is 19.5 Å². The van der Waals surface area contributed by atoms with Gasteiger partial charge in [0.25, 0.3) is 5.91 Å². The highest BCUT2D eigenvalue weighted by atomic mass is 79.9. The van der Waals surface area contributed by atoms with E-state index in [1.54, 1.807) is 6.07 Å². The smallest absolute Gasteiger partial charge is 0.258 e. The van der Waals surface area contributed by atoms with Crippen molar-refractivity contribution in [3.8, 4) is 0 Å². The number of hydrogen-bond donors (Lipinski definition) is 1. The van der Waals surface area contributed by atoms with Crippen LogP contribution in [0.2, 0.25) is 0 Å². The lowest BCUT2D eigenvalue weighted by Gasteiger charge is -2.24. The van der Waals surface area contributed by atoms with Gasteiger partial charge in [-0.1, -0.05) is 0 Å². The molecule has 1 aromatic rings. The SMILES string of the molecule is CCN(CC1CCCN1)C(=O)c1ccoc1Br. The highest BCUT2D eigenvalue weighted by Crippen LogP contribution is 2.20. The van der Waals surface area contributed by atoms with Crippen LogP contribution in [-0.2, 0) is 0 Å². The molecule has 1 aromatic heterocycles. The summed E-state index contributed by atoms with van der Waals surface area (Å²) in [5.41, 5.74) is 0.602. The molecular formula is C12H17BrN2O2. The van der Waals surface area contributed by atoms with Crippen LogP contribution in [0.1, 0.15) is 30.1 Å². The van der Waals surface area contributed by atoms with Crippen LogP contribution in [0.25, 0.3) is 0 Å². The molecule has 0 radical (unpaired) electrons. The summed E-state index contributed by atoms with van der Waals surface area (Å²) in [6.07, 6.45) is 3.88. The second-order valence-corrected chi connectivity index (χ2v) is 4.97. The van der Waals surface area contributed by atoms with Crippen molar-refractivity contribution in [2.45, 2.75) is 25.8 Å². The van der Waals surface area contributed by atoms with Crippen LogP contribution < -0.4 is 5.32 Å². The Kier molecular flexibility index (Phi) is 4.23. The Bertz CT molecular complexity index is 386. The van der Waals surface area contributed by atoms with Gasteiger partial charge in [0, 0.05) is 19.1 Å². The van der Waals surface area contributed by atoms with Gasteiger partial charge >= 0.3 is 0 Å². The van der Waals surface area contributed by atoms with Gasteiger partial charge in [-0.15, -0.1) is 0 Å². The molecule has 2 heterocycles. The number of nitrogens with zero attached hydrogens (tertiary/aromatic N) is 1. The van der Waals surface area contributed by atoms with Gasteiger partial charge in [-0.2, -0.15) is 0 Å². The number of hydrogen-bond acceptors (Lipinski definition) is 3. The predicted molar refractivity (Wildman–Crippen MR) is 69.0 cm³/mol. The number of likely N-dealkylation sites (N-methyl/N-ethyl adjacent to an activating group) is 1. The van der Waals surface area contributed by atoms with Crippen molar-refractivity contribution >= 4 is 21.8 Å². The first-order valence-electron chi connectivity index (χ1n) is 5.98. The normalized spacial score (nSPS) is 19.5. The summed E-state index contributed by atoms with van der Waals surface area (Å²) in [6, 6.07) is 2.14. The molecule has 1 unspecified atom stereocenters. The van der Waals surface area contributed by atoms with E-state index in [9.17, 15) is 4.79 Å². The first-order chi connectivity index (χ1) is 8.22. The average Bonchev–Trinajstić information content (AvgIpc) is 2.96. The molecule has 5 heteroatoms. The molecule has 4 nitrogen and oxygen atoms in total. The van der Waals surface area contributed by atoms with Crippen LogP contribution in [-0.4, -0.2) is 36.5 Å². The third kappa shape index (κ3) is 2.90. The van der Waals surface area contributed by atoms with E-state index in [4.69, 9.17) is 4.42 Å². The van der Waals surface area contributed by atoms with Crippen LogP contribution in [0.15, 0.2) is 21.4 Å². The minimum Gasteiger partial charge on any atom is -0.457 e. The summed E-state index contributed by atoms with van der Waals surface area (Å²) in [6.45, 7) is 4.55. The lowest BCUT2D eigenvalue weighted by molar-refractivity contribution is 0.0749. The Morgan fingerprint density at radius 3 is 3.06 bits per heavy atom. The molecule has 1 aliphatic rings. The van der Waals surface area contributed by atoms with E-state index >= 15 is 0 Å². The van der Waals surface area contributed by atoms with E-state index in [0.29, 0.717) is 22.8 Å². The van der Waals surface area contributed by atoms with E-state index in [2.05, 4.69) is 21.2 Å². The van der Waals surface area contributed by atoms with Crippen molar-refractivity contribution in [3.63, 3.8) is 0 Å². The second kappa shape index (κ2) is 5.69. The lowest BCUT2D eigenvalue weighted by Crippen LogP contribution is -2.41. The van der Waals surface area contributed by atoms with Crippen LogP contribution >= 0.6 is 15.9 Å². The van der Waals surface area contributed by atoms with Gasteiger partial charge in [-0.3, -0.25) is 4.79 Å². The summed E-state index contributed by atoms with van der Waals surface area (Å²) < 4.78 is 5.62. The zero-order valence-corrected chi connectivity index (χ0v) is 11.5. The number of nitrogens with one attached hydrogen (secondary N) is 1. The Morgan fingerprint density at radius 1 is 1.71 bits per heavy atom. The summed E-state index contributed by atoms with van der Waals surface area (Å²) in [4.78, 5) is 14.1.